The first-order chi connectivity index (χ1) is 14.1. The zero-order valence-corrected chi connectivity index (χ0v) is 15.6. The van der Waals surface area contributed by atoms with Gasteiger partial charge in [-0.1, -0.05) is 29.8 Å². The van der Waals surface area contributed by atoms with Crippen LogP contribution in [0.4, 0.5) is 13.2 Å². The van der Waals surface area contributed by atoms with Crippen molar-refractivity contribution in [2.75, 3.05) is 0 Å². The molecule has 2 aromatic heterocycles. The summed E-state index contributed by atoms with van der Waals surface area (Å²) in [6, 6.07) is 9.65. The van der Waals surface area contributed by atoms with E-state index in [0.717, 1.165) is 29.5 Å². The van der Waals surface area contributed by atoms with Crippen LogP contribution in [0.2, 0.25) is 0 Å². The first-order valence-electron chi connectivity index (χ1n) is 8.82. The fourth-order valence-electron chi connectivity index (χ4n) is 3.27. The monoisotopic (exact) mass is 416 g/mol. The molecule has 2 heterocycles. The lowest BCUT2D eigenvalue weighted by atomic mass is 10.0. The first kappa shape index (κ1) is 19.6. The Morgan fingerprint density at radius 2 is 1.93 bits per heavy atom. The van der Waals surface area contributed by atoms with Crippen LogP contribution in [0.15, 0.2) is 58.0 Å². The van der Waals surface area contributed by atoms with Crippen molar-refractivity contribution in [2.24, 2.45) is 0 Å². The van der Waals surface area contributed by atoms with E-state index in [1.165, 1.54) is 10.9 Å². The predicted octanol–water partition coefficient (Wildman–Crippen LogP) is 4.44. The quantitative estimate of drug-likeness (QED) is 0.482. The number of fused-ring (bicyclic) bond motifs is 1. The zero-order valence-electron chi connectivity index (χ0n) is 15.6. The summed E-state index contributed by atoms with van der Waals surface area (Å²) < 4.78 is 47.3. The molecule has 2 aromatic carbocycles. The highest BCUT2D eigenvalue weighted by atomic mass is 19.4. The largest absolute Gasteiger partial charge is 0.504 e. The zero-order chi connectivity index (χ0) is 21.6. The number of alkyl halides is 3. The van der Waals surface area contributed by atoms with Gasteiger partial charge in [0.1, 0.15) is 0 Å². The van der Waals surface area contributed by atoms with E-state index < -0.39 is 40.0 Å². The highest BCUT2D eigenvalue weighted by Crippen LogP contribution is 2.40. The maximum Gasteiger partial charge on any atom is 0.450 e. The molecular weight excluding hydrogens is 401 g/mol. The molecule has 0 aliphatic heterocycles. The minimum absolute atomic E-state index is 0.0711. The average molecular weight is 416 g/mol. The summed E-state index contributed by atoms with van der Waals surface area (Å²) in [6.45, 7) is 2.22. The topological polar surface area (TPSA) is 88.5 Å². The van der Waals surface area contributed by atoms with Crippen LogP contribution in [0.3, 0.4) is 0 Å². The summed E-state index contributed by atoms with van der Waals surface area (Å²) in [5.41, 5.74) is -0.588. The minimum Gasteiger partial charge on any atom is -0.504 e. The molecule has 0 unspecified atom stereocenters. The molecular formula is C21H15F3N2O4. The third kappa shape index (κ3) is 3.38. The van der Waals surface area contributed by atoms with Crippen LogP contribution in [-0.2, 0) is 12.7 Å². The number of nitrogens with zero attached hydrogens (tertiary/aromatic N) is 2. The van der Waals surface area contributed by atoms with Crippen molar-refractivity contribution in [3.05, 3.63) is 75.9 Å². The molecule has 9 heteroatoms. The van der Waals surface area contributed by atoms with Gasteiger partial charge < -0.3 is 14.6 Å². The number of hydrogen-bond donors (Lipinski definition) is 2. The third-order valence-corrected chi connectivity index (χ3v) is 4.62. The molecule has 0 aliphatic carbocycles. The fraction of sp³-hybridized carbons (Fsp3) is 0.143. The Kier molecular flexibility index (Phi) is 4.53. The van der Waals surface area contributed by atoms with E-state index in [1.807, 2.05) is 31.2 Å². The summed E-state index contributed by atoms with van der Waals surface area (Å²) in [5.74, 6) is -3.20. The molecule has 30 heavy (non-hydrogen) atoms. The maximum absolute atomic E-state index is 13.7. The van der Waals surface area contributed by atoms with E-state index in [4.69, 9.17) is 4.42 Å². The SMILES string of the molecule is Cc1cccc(Cn2cc(-c3c(C(F)(F)F)oc4c(O)c(O)ccc4c3=O)cn2)c1. The second-order valence-corrected chi connectivity index (χ2v) is 6.86. The second-order valence-electron chi connectivity index (χ2n) is 6.86. The summed E-state index contributed by atoms with van der Waals surface area (Å²) in [5, 5.41) is 23.2. The summed E-state index contributed by atoms with van der Waals surface area (Å²) in [4.78, 5) is 12.9. The van der Waals surface area contributed by atoms with Crippen LogP contribution in [0.1, 0.15) is 16.9 Å². The standard InChI is InChI=1S/C21H15F3N2O4/c1-11-3-2-4-12(7-11)9-26-10-13(8-25-26)16-17(28)14-5-6-15(27)18(29)19(14)30-20(16)21(22,23)24/h2-8,10,27,29H,9H2,1H3. The molecule has 6 nitrogen and oxygen atoms in total. The van der Waals surface area contributed by atoms with E-state index in [-0.39, 0.29) is 10.9 Å². The normalized spacial score (nSPS) is 11.9. The van der Waals surface area contributed by atoms with Gasteiger partial charge in [-0.25, -0.2) is 0 Å². The van der Waals surface area contributed by atoms with Gasteiger partial charge in [-0.15, -0.1) is 0 Å². The summed E-state index contributed by atoms with van der Waals surface area (Å²) in [6.07, 6.45) is -2.53. The van der Waals surface area contributed by atoms with Crippen molar-refractivity contribution in [3.8, 4) is 22.6 Å². The number of phenols is 2. The van der Waals surface area contributed by atoms with E-state index in [9.17, 15) is 28.2 Å². The number of halogens is 3. The number of rotatable bonds is 3. The van der Waals surface area contributed by atoms with Crippen molar-refractivity contribution in [1.82, 2.24) is 9.78 Å². The van der Waals surface area contributed by atoms with Gasteiger partial charge in [-0.2, -0.15) is 18.3 Å². The van der Waals surface area contributed by atoms with Crippen LogP contribution >= 0.6 is 0 Å². The van der Waals surface area contributed by atoms with Crippen LogP contribution < -0.4 is 5.43 Å². The molecule has 0 bridgehead atoms. The molecule has 0 saturated carbocycles. The minimum atomic E-state index is -5.01. The number of aromatic hydroxyl groups is 2. The number of phenolic OH excluding ortho intramolecular Hbond substituents is 2. The molecule has 0 radical (unpaired) electrons. The molecule has 0 fully saturated rings. The third-order valence-electron chi connectivity index (χ3n) is 4.62. The van der Waals surface area contributed by atoms with Gasteiger partial charge in [0.15, 0.2) is 11.3 Å². The molecule has 0 amide bonds. The fourth-order valence-corrected chi connectivity index (χ4v) is 3.27. The molecule has 0 spiro atoms. The van der Waals surface area contributed by atoms with Gasteiger partial charge >= 0.3 is 6.18 Å². The lowest BCUT2D eigenvalue weighted by Gasteiger charge is -2.12. The van der Waals surface area contributed by atoms with Crippen LogP contribution in [0, 0.1) is 6.92 Å². The molecule has 2 N–H and O–H groups in total. The Labute approximate surface area is 167 Å². The average Bonchev–Trinajstić information content (AvgIpc) is 3.12. The van der Waals surface area contributed by atoms with Gasteiger partial charge in [0, 0.05) is 11.8 Å². The Morgan fingerprint density at radius 3 is 2.63 bits per heavy atom. The van der Waals surface area contributed by atoms with Gasteiger partial charge in [0.2, 0.25) is 16.9 Å². The molecule has 4 aromatic rings. The van der Waals surface area contributed by atoms with Crippen LogP contribution in [-0.4, -0.2) is 20.0 Å². The van der Waals surface area contributed by atoms with Crippen LogP contribution in [0.5, 0.6) is 11.5 Å². The van der Waals surface area contributed by atoms with E-state index in [2.05, 4.69) is 5.10 Å². The number of benzene rings is 2. The Hall–Kier alpha value is -3.75. The van der Waals surface area contributed by atoms with Crippen molar-refractivity contribution >= 4 is 11.0 Å². The molecule has 0 saturated heterocycles. The Bertz CT molecular complexity index is 1320. The second kappa shape index (κ2) is 6.94. The number of aromatic nitrogens is 2. The lowest BCUT2D eigenvalue weighted by molar-refractivity contribution is -0.152. The van der Waals surface area contributed by atoms with Gasteiger partial charge in [0.05, 0.1) is 23.7 Å². The smallest absolute Gasteiger partial charge is 0.450 e. The van der Waals surface area contributed by atoms with Gasteiger partial charge in [-0.3, -0.25) is 9.48 Å². The number of aryl methyl sites for hydroxylation is 1. The van der Waals surface area contributed by atoms with E-state index in [0.29, 0.717) is 6.54 Å². The summed E-state index contributed by atoms with van der Waals surface area (Å²) in [7, 11) is 0. The van der Waals surface area contributed by atoms with Gasteiger partial charge in [-0.05, 0) is 24.6 Å². The van der Waals surface area contributed by atoms with Crippen molar-refractivity contribution in [1.29, 1.82) is 0 Å². The van der Waals surface area contributed by atoms with Crippen molar-refractivity contribution in [3.63, 3.8) is 0 Å². The van der Waals surface area contributed by atoms with Crippen molar-refractivity contribution in [2.45, 2.75) is 19.6 Å². The predicted molar refractivity (Wildman–Crippen MR) is 102 cm³/mol. The maximum atomic E-state index is 13.7. The van der Waals surface area contributed by atoms with Crippen LogP contribution in [0.25, 0.3) is 22.1 Å². The highest BCUT2D eigenvalue weighted by Gasteiger charge is 2.40. The van der Waals surface area contributed by atoms with Crippen molar-refractivity contribution < 1.29 is 27.8 Å². The molecule has 4 rings (SSSR count). The lowest BCUT2D eigenvalue weighted by Crippen LogP contribution is -2.16. The summed E-state index contributed by atoms with van der Waals surface area (Å²) >= 11 is 0. The van der Waals surface area contributed by atoms with E-state index in [1.54, 1.807) is 0 Å². The first-order valence-corrected chi connectivity index (χ1v) is 8.82. The Balaban J connectivity index is 1.88. The Morgan fingerprint density at radius 1 is 1.17 bits per heavy atom. The molecule has 0 atom stereocenters. The highest BCUT2D eigenvalue weighted by molar-refractivity contribution is 5.88. The van der Waals surface area contributed by atoms with Gasteiger partial charge in [0.25, 0.3) is 0 Å². The molecule has 0 aliphatic rings. The van der Waals surface area contributed by atoms with E-state index >= 15 is 0 Å². The number of hydrogen-bond acceptors (Lipinski definition) is 5. The molecule has 154 valence electrons.